The number of aryl methyl sites for hydroxylation is 1. The summed E-state index contributed by atoms with van der Waals surface area (Å²) in [5, 5.41) is 2.31. The molecule has 0 aliphatic heterocycles. The Morgan fingerprint density at radius 2 is 2.10 bits per heavy atom. The number of ether oxygens (including phenoxy) is 1. The second-order valence-electron chi connectivity index (χ2n) is 5.29. The molecule has 0 bridgehead atoms. The number of halogens is 1. The smallest absolute Gasteiger partial charge is 0.221 e. The number of pyridine rings is 1. The van der Waals surface area contributed by atoms with Crippen molar-refractivity contribution in [1.82, 2.24) is 9.88 Å². The average Bonchev–Trinajstić information content (AvgIpc) is 2.52. The summed E-state index contributed by atoms with van der Waals surface area (Å²) in [5.74, 6) is 0.766. The number of likely N-dealkylation sites (N-methyl/N-ethyl adjacent to an activating group) is 1. The van der Waals surface area contributed by atoms with Crippen molar-refractivity contribution >= 4 is 26.7 Å². The fourth-order valence-electron chi connectivity index (χ4n) is 2.17. The van der Waals surface area contributed by atoms with E-state index in [-0.39, 0.29) is 0 Å². The van der Waals surface area contributed by atoms with Crippen LogP contribution in [0.5, 0.6) is 5.88 Å². The minimum Gasteiger partial charge on any atom is -0.476 e. The zero-order valence-corrected chi connectivity index (χ0v) is 14.4. The molecule has 0 N–H and O–H groups in total. The van der Waals surface area contributed by atoms with Crippen molar-refractivity contribution in [2.45, 2.75) is 26.2 Å². The number of nitrogens with zero attached hydrogens (tertiary/aromatic N) is 2. The zero-order chi connectivity index (χ0) is 15.1. The molecule has 1 heterocycles. The summed E-state index contributed by atoms with van der Waals surface area (Å²) in [7, 11) is 2.06. The van der Waals surface area contributed by atoms with Gasteiger partial charge in [-0.2, -0.15) is 0 Å². The topological polar surface area (TPSA) is 25.4 Å². The van der Waals surface area contributed by atoms with Gasteiger partial charge in [0.05, 0.1) is 5.45 Å². The summed E-state index contributed by atoms with van der Waals surface area (Å²) in [5.41, 5.74) is 1.97. The van der Waals surface area contributed by atoms with Gasteiger partial charge in [0.1, 0.15) is 6.61 Å². The lowest BCUT2D eigenvalue weighted by atomic mass is 10.1. The van der Waals surface area contributed by atoms with Crippen LogP contribution in [-0.2, 0) is 6.42 Å². The van der Waals surface area contributed by atoms with E-state index in [1.54, 1.807) is 0 Å². The third kappa shape index (κ3) is 4.68. The average molecular weight is 351 g/mol. The highest BCUT2D eigenvalue weighted by Crippen LogP contribution is 2.25. The monoisotopic (exact) mass is 350 g/mol. The summed E-state index contributed by atoms with van der Waals surface area (Å²) >= 11 is 3.44. The maximum absolute atomic E-state index is 5.94. The van der Waals surface area contributed by atoms with Gasteiger partial charge in [-0.25, -0.2) is 4.98 Å². The summed E-state index contributed by atoms with van der Waals surface area (Å²) in [4.78, 5) is 6.86. The van der Waals surface area contributed by atoms with Crippen LogP contribution in [-0.4, -0.2) is 35.5 Å². The highest BCUT2D eigenvalue weighted by atomic mass is 79.9. The quantitative estimate of drug-likeness (QED) is 0.525. The van der Waals surface area contributed by atoms with Gasteiger partial charge in [-0.05, 0) is 37.4 Å². The van der Waals surface area contributed by atoms with Crippen LogP contribution in [0.4, 0.5) is 0 Å². The van der Waals surface area contributed by atoms with Gasteiger partial charge < -0.3 is 4.74 Å². The van der Waals surface area contributed by atoms with Crippen molar-refractivity contribution in [2.24, 2.45) is 0 Å². The van der Waals surface area contributed by atoms with Crippen molar-refractivity contribution in [3.63, 3.8) is 0 Å². The van der Waals surface area contributed by atoms with Gasteiger partial charge in [0.2, 0.25) is 5.88 Å². The SMILES string of the molecule is CCCCc1cc2ccccc2c(OCCN(C)CBr)n1. The minimum atomic E-state index is 0.649. The Kier molecular flexibility index (Phi) is 6.46. The molecule has 4 heteroatoms. The first-order chi connectivity index (χ1) is 10.2. The zero-order valence-electron chi connectivity index (χ0n) is 12.8. The van der Waals surface area contributed by atoms with E-state index >= 15 is 0 Å². The Morgan fingerprint density at radius 3 is 2.86 bits per heavy atom. The lowest BCUT2D eigenvalue weighted by Crippen LogP contribution is -2.22. The Morgan fingerprint density at radius 1 is 1.29 bits per heavy atom. The van der Waals surface area contributed by atoms with E-state index in [4.69, 9.17) is 9.72 Å². The summed E-state index contributed by atoms with van der Waals surface area (Å²) < 4.78 is 5.94. The molecule has 0 saturated carbocycles. The van der Waals surface area contributed by atoms with Crippen LogP contribution in [0.1, 0.15) is 25.5 Å². The molecule has 0 unspecified atom stereocenters. The number of alkyl halides is 1. The summed E-state index contributed by atoms with van der Waals surface area (Å²) in [6.07, 6.45) is 3.36. The van der Waals surface area contributed by atoms with Crippen molar-refractivity contribution < 1.29 is 4.74 Å². The number of aromatic nitrogens is 1. The molecule has 0 spiro atoms. The van der Waals surface area contributed by atoms with Crippen molar-refractivity contribution in [2.75, 3.05) is 25.7 Å². The number of benzene rings is 1. The van der Waals surface area contributed by atoms with Crippen LogP contribution in [0.15, 0.2) is 30.3 Å². The summed E-state index contributed by atoms with van der Waals surface area (Å²) in [6.45, 7) is 3.73. The van der Waals surface area contributed by atoms with Gasteiger partial charge >= 0.3 is 0 Å². The second-order valence-corrected chi connectivity index (χ2v) is 5.79. The molecule has 1 aromatic heterocycles. The molecule has 2 aromatic rings. The normalized spacial score (nSPS) is 11.2. The number of fused-ring (bicyclic) bond motifs is 1. The molecular formula is C17H23BrN2O. The van der Waals surface area contributed by atoms with Gasteiger partial charge in [0.25, 0.3) is 0 Å². The number of rotatable bonds is 8. The third-order valence-electron chi connectivity index (χ3n) is 3.46. The molecule has 0 aliphatic carbocycles. The predicted octanol–water partition coefficient (Wildman–Crippen LogP) is 4.24. The Hall–Kier alpha value is -1.13. The first-order valence-electron chi connectivity index (χ1n) is 7.50. The van der Waals surface area contributed by atoms with Crippen LogP contribution in [0.2, 0.25) is 0 Å². The van der Waals surface area contributed by atoms with E-state index in [0.717, 1.165) is 41.8 Å². The number of unbranched alkanes of at least 4 members (excludes halogenated alkanes) is 1. The maximum Gasteiger partial charge on any atom is 0.221 e. The molecular weight excluding hydrogens is 328 g/mol. The molecule has 0 atom stereocenters. The van der Waals surface area contributed by atoms with Gasteiger partial charge in [-0.15, -0.1) is 0 Å². The molecule has 3 nitrogen and oxygen atoms in total. The van der Waals surface area contributed by atoms with Gasteiger partial charge in [-0.1, -0.05) is 47.5 Å². The van der Waals surface area contributed by atoms with E-state index < -0.39 is 0 Å². The van der Waals surface area contributed by atoms with E-state index in [2.05, 4.69) is 59.1 Å². The van der Waals surface area contributed by atoms with E-state index in [1.807, 2.05) is 6.07 Å². The van der Waals surface area contributed by atoms with Crippen molar-refractivity contribution in [3.8, 4) is 5.88 Å². The second kappa shape index (κ2) is 8.35. The lowest BCUT2D eigenvalue weighted by Gasteiger charge is -2.15. The lowest BCUT2D eigenvalue weighted by molar-refractivity contribution is 0.252. The Balaban J connectivity index is 2.18. The first kappa shape index (κ1) is 16.2. The molecule has 0 aliphatic rings. The fourth-order valence-corrected chi connectivity index (χ4v) is 2.42. The van der Waals surface area contributed by atoms with Gasteiger partial charge in [0.15, 0.2) is 0 Å². The third-order valence-corrected chi connectivity index (χ3v) is 4.32. The maximum atomic E-state index is 5.94. The van der Waals surface area contributed by atoms with E-state index in [9.17, 15) is 0 Å². The molecule has 2 rings (SSSR count). The number of hydrogen-bond donors (Lipinski definition) is 0. The minimum absolute atomic E-state index is 0.649. The van der Waals surface area contributed by atoms with Crippen molar-refractivity contribution in [3.05, 3.63) is 36.0 Å². The highest BCUT2D eigenvalue weighted by molar-refractivity contribution is 9.09. The highest BCUT2D eigenvalue weighted by Gasteiger charge is 2.07. The summed E-state index contributed by atoms with van der Waals surface area (Å²) in [6, 6.07) is 10.5. The standard InChI is InChI=1S/C17H23BrN2O/c1-3-4-8-15-12-14-7-5-6-9-16(14)17(19-15)21-11-10-20(2)13-18/h5-7,9,12H,3-4,8,10-11,13H2,1-2H3. The van der Waals surface area contributed by atoms with Crippen LogP contribution in [0, 0.1) is 0 Å². The Bertz CT molecular complexity index is 574. The molecule has 21 heavy (non-hydrogen) atoms. The van der Waals surface area contributed by atoms with E-state index in [0.29, 0.717) is 6.61 Å². The largest absolute Gasteiger partial charge is 0.476 e. The first-order valence-corrected chi connectivity index (χ1v) is 8.62. The Labute approximate surface area is 135 Å². The number of hydrogen-bond acceptors (Lipinski definition) is 3. The van der Waals surface area contributed by atoms with Crippen LogP contribution < -0.4 is 4.74 Å². The van der Waals surface area contributed by atoms with Crippen molar-refractivity contribution in [1.29, 1.82) is 0 Å². The molecule has 0 amide bonds. The molecule has 114 valence electrons. The molecule has 0 radical (unpaired) electrons. The molecule has 1 aromatic carbocycles. The molecule has 0 fully saturated rings. The molecule has 0 saturated heterocycles. The predicted molar refractivity (Wildman–Crippen MR) is 92.3 cm³/mol. The van der Waals surface area contributed by atoms with Crippen LogP contribution in [0.3, 0.4) is 0 Å². The van der Waals surface area contributed by atoms with E-state index in [1.165, 1.54) is 11.8 Å². The van der Waals surface area contributed by atoms with Crippen LogP contribution in [0.25, 0.3) is 10.8 Å². The van der Waals surface area contributed by atoms with Gasteiger partial charge in [-0.3, -0.25) is 4.90 Å². The fraction of sp³-hybridized carbons (Fsp3) is 0.471. The van der Waals surface area contributed by atoms with Gasteiger partial charge in [0, 0.05) is 17.6 Å². The van der Waals surface area contributed by atoms with Crippen LogP contribution >= 0.6 is 15.9 Å².